The highest BCUT2D eigenvalue weighted by Crippen LogP contribution is 2.28. The number of methoxy groups -OCH3 is 1. The van der Waals surface area contributed by atoms with Crippen LogP contribution in [0, 0.1) is 5.92 Å². The number of nitrogens with one attached hydrogen (secondary N) is 3. The third-order valence-electron chi connectivity index (χ3n) is 4.03. The number of hydrogen-bond acceptors (Lipinski definition) is 4. The van der Waals surface area contributed by atoms with Crippen LogP contribution in [-0.4, -0.2) is 32.0 Å². The van der Waals surface area contributed by atoms with Crippen molar-refractivity contribution < 1.29 is 14.3 Å². The van der Waals surface area contributed by atoms with Gasteiger partial charge in [-0.1, -0.05) is 0 Å². The highest BCUT2D eigenvalue weighted by atomic mass is 35.5. The number of benzene rings is 1. The van der Waals surface area contributed by atoms with E-state index in [0.717, 1.165) is 32.4 Å². The lowest BCUT2D eigenvalue weighted by Gasteiger charge is -2.22. The van der Waals surface area contributed by atoms with E-state index < -0.39 is 0 Å². The van der Waals surface area contributed by atoms with E-state index in [1.54, 1.807) is 18.2 Å². The molecule has 0 aliphatic carbocycles. The molecule has 0 bridgehead atoms. The fourth-order valence-corrected chi connectivity index (χ4v) is 2.80. The van der Waals surface area contributed by atoms with Crippen molar-refractivity contribution in [2.75, 3.05) is 30.8 Å². The van der Waals surface area contributed by atoms with Crippen LogP contribution in [0.3, 0.4) is 0 Å². The molecule has 0 radical (unpaired) electrons. The van der Waals surface area contributed by atoms with Gasteiger partial charge in [-0.25, -0.2) is 0 Å². The van der Waals surface area contributed by atoms with Crippen molar-refractivity contribution in [3.8, 4) is 5.75 Å². The normalized spacial score (nSPS) is 14.4. The second-order valence-corrected chi connectivity index (χ2v) is 5.88. The van der Waals surface area contributed by atoms with Gasteiger partial charge in [-0.15, -0.1) is 12.4 Å². The van der Waals surface area contributed by atoms with E-state index in [0.29, 0.717) is 29.5 Å². The summed E-state index contributed by atoms with van der Waals surface area (Å²) in [5, 5.41) is 8.91. The van der Waals surface area contributed by atoms with Gasteiger partial charge in [0, 0.05) is 19.0 Å². The van der Waals surface area contributed by atoms with Crippen molar-refractivity contribution in [2.24, 2.45) is 5.92 Å². The van der Waals surface area contributed by atoms with Gasteiger partial charge in [0.05, 0.1) is 12.8 Å². The van der Waals surface area contributed by atoms with Crippen LogP contribution in [0.4, 0.5) is 11.4 Å². The fraction of sp³-hybridized carbons (Fsp3) is 0.529. The smallest absolute Gasteiger partial charge is 0.224 e. The molecule has 0 saturated carbocycles. The first-order valence-electron chi connectivity index (χ1n) is 8.04. The Balaban J connectivity index is 0.00000288. The Kier molecular flexibility index (Phi) is 8.57. The molecule has 6 nitrogen and oxygen atoms in total. The van der Waals surface area contributed by atoms with Crippen LogP contribution < -0.4 is 20.7 Å². The molecule has 0 aromatic heterocycles. The van der Waals surface area contributed by atoms with E-state index in [9.17, 15) is 9.59 Å². The summed E-state index contributed by atoms with van der Waals surface area (Å²) in [6.45, 7) is 3.53. The fourth-order valence-electron chi connectivity index (χ4n) is 2.80. The van der Waals surface area contributed by atoms with Gasteiger partial charge in [-0.2, -0.15) is 0 Å². The highest BCUT2D eigenvalue weighted by molar-refractivity contribution is 5.94. The molecule has 1 saturated heterocycles. The molecule has 2 amide bonds. The van der Waals surface area contributed by atoms with Crippen molar-refractivity contribution in [3.63, 3.8) is 0 Å². The number of hydrogen-bond donors (Lipinski definition) is 3. The minimum atomic E-state index is -0.183. The average molecular weight is 356 g/mol. The number of carbonyl (C=O) groups excluding carboxylic acids is 2. The minimum Gasteiger partial charge on any atom is -0.495 e. The third-order valence-corrected chi connectivity index (χ3v) is 4.03. The Hall–Kier alpha value is -1.79. The first kappa shape index (κ1) is 20.3. The van der Waals surface area contributed by atoms with Crippen LogP contribution >= 0.6 is 12.4 Å². The van der Waals surface area contributed by atoms with Crippen LogP contribution in [0.15, 0.2) is 18.2 Å². The Morgan fingerprint density at radius 2 is 1.96 bits per heavy atom. The summed E-state index contributed by atoms with van der Waals surface area (Å²) in [4.78, 5) is 23.3. The third kappa shape index (κ3) is 6.37. The summed E-state index contributed by atoms with van der Waals surface area (Å²) >= 11 is 0. The lowest BCUT2D eigenvalue weighted by molar-refractivity contribution is -0.116. The van der Waals surface area contributed by atoms with Gasteiger partial charge in [0.25, 0.3) is 0 Å². The lowest BCUT2D eigenvalue weighted by Crippen LogP contribution is -2.28. The molecule has 0 unspecified atom stereocenters. The van der Waals surface area contributed by atoms with Gasteiger partial charge in [-0.3, -0.25) is 9.59 Å². The number of halogens is 1. The molecule has 1 aromatic carbocycles. The quantitative estimate of drug-likeness (QED) is 0.733. The molecule has 0 spiro atoms. The molecule has 1 aromatic rings. The number of rotatable bonds is 6. The van der Waals surface area contributed by atoms with E-state index >= 15 is 0 Å². The molecule has 7 heteroatoms. The summed E-state index contributed by atoms with van der Waals surface area (Å²) in [7, 11) is 1.54. The van der Waals surface area contributed by atoms with Crippen LogP contribution in [-0.2, 0) is 9.59 Å². The van der Waals surface area contributed by atoms with Gasteiger partial charge in [-0.05, 0) is 56.5 Å². The molecular weight excluding hydrogens is 330 g/mol. The summed E-state index contributed by atoms with van der Waals surface area (Å²) < 4.78 is 5.20. The Morgan fingerprint density at radius 3 is 2.58 bits per heavy atom. The standard InChI is InChI=1S/C17H25N3O3.ClH/c1-12(21)19-15-11-14(4-5-16(15)23-2)20-17(22)6-3-13-7-9-18-10-8-13;/h4-5,11,13,18H,3,6-10H2,1-2H3,(H,19,21)(H,20,22);1H. The van der Waals surface area contributed by atoms with Crippen molar-refractivity contribution in [1.82, 2.24) is 5.32 Å². The van der Waals surface area contributed by atoms with E-state index in [1.807, 2.05) is 0 Å². The number of piperidine rings is 1. The van der Waals surface area contributed by atoms with E-state index in [1.165, 1.54) is 14.0 Å². The first-order valence-corrected chi connectivity index (χ1v) is 8.04. The topological polar surface area (TPSA) is 79.5 Å². The van der Waals surface area contributed by atoms with Crippen molar-refractivity contribution in [1.29, 1.82) is 0 Å². The monoisotopic (exact) mass is 355 g/mol. The van der Waals surface area contributed by atoms with E-state index in [2.05, 4.69) is 16.0 Å². The summed E-state index contributed by atoms with van der Waals surface area (Å²) in [5.41, 5.74) is 1.21. The maximum atomic E-state index is 12.1. The summed E-state index contributed by atoms with van der Waals surface area (Å²) in [6.07, 6.45) is 3.72. The van der Waals surface area contributed by atoms with Crippen molar-refractivity contribution in [2.45, 2.75) is 32.6 Å². The summed E-state index contributed by atoms with van der Waals surface area (Å²) in [5.74, 6) is 1.01. The largest absolute Gasteiger partial charge is 0.495 e. The molecule has 24 heavy (non-hydrogen) atoms. The van der Waals surface area contributed by atoms with E-state index in [-0.39, 0.29) is 24.2 Å². The van der Waals surface area contributed by atoms with Gasteiger partial charge in [0.15, 0.2) is 0 Å². The number of anilines is 2. The average Bonchev–Trinajstić information content (AvgIpc) is 2.54. The molecule has 1 heterocycles. The minimum absolute atomic E-state index is 0. The zero-order valence-electron chi connectivity index (χ0n) is 14.2. The Bertz CT molecular complexity index is 560. The van der Waals surface area contributed by atoms with Crippen LogP contribution in [0.2, 0.25) is 0 Å². The number of ether oxygens (including phenoxy) is 1. The van der Waals surface area contributed by atoms with E-state index in [4.69, 9.17) is 4.74 Å². The van der Waals surface area contributed by atoms with Crippen LogP contribution in [0.1, 0.15) is 32.6 Å². The predicted molar refractivity (Wildman–Crippen MR) is 98.0 cm³/mol. The van der Waals surface area contributed by atoms with Gasteiger partial charge < -0.3 is 20.7 Å². The number of amides is 2. The number of carbonyl (C=O) groups is 2. The molecule has 134 valence electrons. The molecular formula is C17H26ClN3O3. The molecule has 1 aliphatic heterocycles. The molecule has 2 rings (SSSR count). The van der Waals surface area contributed by atoms with Gasteiger partial charge >= 0.3 is 0 Å². The highest BCUT2D eigenvalue weighted by Gasteiger charge is 2.15. The second kappa shape index (κ2) is 10.2. The van der Waals surface area contributed by atoms with Crippen molar-refractivity contribution in [3.05, 3.63) is 18.2 Å². The summed E-state index contributed by atoms with van der Waals surface area (Å²) in [6, 6.07) is 5.21. The van der Waals surface area contributed by atoms with Gasteiger partial charge in [0.1, 0.15) is 5.75 Å². The Morgan fingerprint density at radius 1 is 1.25 bits per heavy atom. The van der Waals surface area contributed by atoms with Gasteiger partial charge in [0.2, 0.25) is 11.8 Å². The first-order chi connectivity index (χ1) is 11.1. The molecule has 1 aliphatic rings. The zero-order valence-corrected chi connectivity index (χ0v) is 15.0. The maximum absolute atomic E-state index is 12.1. The molecule has 1 fully saturated rings. The molecule has 0 atom stereocenters. The zero-order chi connectivity index (χ0) is 16.7. The maximum Gasteiger partial charge on any atom is 0.224 e. The lowest BCUT2D eigenvalue weighted by atomic mass is 9.93. The van der Waals surface area contributed by atoms with Crippen LogP contribution in [0.25, 0.3) is 0 Å². The Labute approximate surface area is 149 Å². The van der Waals surface area contributed by atoms with Crippen molar-refractivity contribution >= 4 is 35.6 Å². The SMILES string of the molecule is COc1ccc(NC(=O)CCC2CCNCC2)cc1NC(C)=O.Cl. The second-order valence-electron chi connectivity index (χ2n) is 5.88. The molecule has 3 N–H and O–H groups in total. The van der Waals surface area contributed by atoms with Crippen LogP contribution in [0.5, 0.6) is 5.75 Å². The predicted octanol–water partition coefficient (Wildman–Crippen LogP) is 2.79.